The van der Waals surface area contributed by atoms with Crippen molar-refractivity contribution in [1.82, 2.24) is 0 Å². The molecular formula is C16H30O. The van der Waals surface area contributed by atoms with E-state index in [9.17, 15) is 4.79 Å². The Hall–Kier alpha value is -0.330. The monoisotopic (exact) mass is 238 g/mol. The quantitative estimate of drug-likeness (QED) is 0.381. The molecule has 1 aliphatic rings. The fraction of sp³-hybridized carbons (Fsp3) is 0.938. The summed E-state index contributed by atoms with van der Waals surface area (Å²) in [6, 6.07) is 0. The predicted octanol–water partition coefficient (Wildman–Crippen LogP) is 5.13. The van der Waals surface area contributed by atoms with E-state index in [1.165, 1.54) is 64.2 Å². The molecule has 0 heterocycles. The molecule has 100 valence electrons. The molecule has 0 aromatic carbocycles. The highest BCUT2D eigenvalue weighted by atomic mass is 16.1. The molecule has 0 N–H and O–H groups in total. The summed E-state index contributed by atoms with van der Waals surface area (Å²) in [6.07, 6.45) is 17.1. The Balaban J connectivity index is 1.79. The predicted molar refractivity (Wildman–Crippen MR) is 74.1 cm³/mol. The van der Waals surface area contributed by atoms with Gasteiger partial charge in [-0.05, 0) is 18.3 Å². The zero-order valence-electron chi connectivity index (χ0n) is 11.6. The van der Waals surface area contributed by atoms with Gasteiger partial charge >= 0.3 is 0 Å². The maximum absolute atomic E-state index is 10.1. The average Bonchev–Trinajstić information content (AvgIpc) is 2.73. The normalized spacial score (nSPS) is 24.1. The summed E-state index contributed by atoms with van der Waals surface area (Å²) in [7, 11) is 0. The van der Waals surface area contributed by atoms with Crippen LogP contribution in [0.4, 0.5) is 0 Å². The Morgan fingerprint density at radius 1 is 0.941 bits per heavy atom. The molecule has 1 heteroatoms. The van der Waals surface area contributed by atoms with Gasteiger partial charge in [0.25, 0.3) is 0 Å². The Morgan fingerprint density at radius 3 is 2.18 bits per heavy atom. The van der Waals surface area contributed by atoms with Crippen LogP contribution in [0.25, 0.3) is 0 Å². The van der Waals surface area contributed by atoms with Crippen molar-refractivity contribution in [1.29, 1.82) is 0 Å². The lowest BCUT2D eigenvalue weighted by Gasteiger charge is -2.14. The van der Waals surface area contributed by atoms with Crippen LogP contribution in [0.5, 0.6) is 0 Å². The van der Waals surface area contributed by atoms with Crippen LogP contribution in [0.1, 0.15) is 84.0 Å². The zero-order valence-corrected chi connectivity index (χ0v) is 11.6. The van der Waals surface area contributed by atoms with Crippen molar-refractivity contribution in [3.8, 4) is 0 Å². The lowest BCUT2D eigenvalue weighted by atomic mass is 9.92. The molecule has 0 aliphatic heterocycles. The highest BCUT2D eigenvalue weighted by Crippen LogP contribution is 2.34. The number of aldehydes is 1. The highest BCUT2D eigenvalue weighted by molar-refractivity contribution is 5.48. The lowest BCUT2D eigenvalue weighted by molar-refractivity contribution is -0.107. The van der Waals surface area contributed by atoms with Gasteiger partial charge in [0.1, 0.15) is 6.29 Å². The van der Waals surface area contributed by atoms with Gasteiger partial charge in [-0.1, -0.05) is 71.1 Å². The fourth-order valence-corrected chi connectivity index (χ4v) is 3.17. The Bertz CT molecular complexity index is 188. The van der Waals surface area contributed by atoms with Gasteiger partial charge in [-0.15, -0.1) is 0 Å². The van der Waals surface area contributed by atoms with Crippen molar-refractivity contribution in [2.75, 3.05) is 0 Å². The van der Waals surface area contributed by atoms with E-state index in [0.29, 0.717) is 0 Å². The molecule has 2 atom stereocenters. The van der Waals surface area contributed by atoms with Crippen LogP contribution in [0, 0.1) is 11.8 Å². The van der Waals surface area contributed by atoms with Crippen LogP contribution < -0.4 is 0 Å². The molecule has 0 amide bonds. The standard InChI is InChI=1S/C16H30O/c1-15-11-10-13-16(15)12-8-6-4-2-3-5-7-9-14-17/h14-16H,2-13H2,1H3. The minimum absolute atomic E-state index is 0.763. The molecule has 0 aromatic heterocycles. The van der Waals surface area contributed by atoms with E-state index in [-0.39, 0.29) is 0 Å². The Labute approximate surface area is 107 Å². The smallest absolute Gasteiger partial charge is 0.119 e. The molecule has 0 aromatic rings. The van der Waals surface area contributed by atoms with Gasteiger partial charge < -0.3 is 4.79 Å². The highest BCUT2D eigenvalue weighted by Gasteiger charge is 2.22. The molecule has 1 rings (SSSR count). The maximum Gasteiger partial charge on any atom is 0.119 e. The minimum atomic E-state index is 0.763. The molecule has 1 aliphatic carbocycles. The van der Waals surface area contributed by atoms with Crippen molar-refractivity contribution >= 4 is 6.29 Å². The van der Waals surface area contributed by atoms with Gasteiger partial charge in [-0.3, -0.25) is 0 Å². The van der Waals surface area contributed by atoms with Crippen LogP contribution >= 0.6 is 0 Å². The Morgan fingerprint density at radius 2 is 1.59 bits per heavy atom. The van der Waals surface area contributed by atoms with Crippen molar-refractivity contribution in [2.24, 2.45) is 11.8 Å². The van der Waals surface area contributed by atoms with Gasteiger partial charge in [0.05, 0.1) is 0 Å². The lowest BCUT2D eigenvalue weighted by Crippen LogP contribution is -2.03. The summed E-state index contributed by atoms with van der Waals surface area (Å²) in [5, 5.41) is 0. The van der Waals surface area contributed by atoms with E-state index in [2.05, 4.69) is 6.92 Å². The molecule has 17 heavy (non-hydrogen) atoms. The number of hydrogen-bond donors (Lipinski definition) is 0. The average molecular weight is 238 g/mol. The van der Waals surface area contributed by atoms with E-state index in [1.54, 1.807) is 0 Å². The van der Waals surface area contributed by atoms with Crippen LogP contribution in [0.2, 0.25) is 0 Å². The molecule has 0 saturated heterocycles. The molecule has 0 bridgehead atoms. The van der Waals surface area contributed by atoms with Crippen molar-refractivity contribution in [3.63, 3.8) is 0 Å². The summed E-state index contributed by atoms with van der Waals surface area (Å²) in [5.74, 6) is 2.04. The van der Waals surface area contributed by atoms with E-state index < -0.39 is 0 Å². The summed E-state index contributed by atoms with van der Waals surface area (Å²) < 4.78 is 0. The first-order valence-electron chi connectivity index (χ1n) is 7.78. The summed E-state index contributed by atoms with van der Waals surface area (Å²) in [5.41, 5.74) is 0. The van der Waals surface area contributed by atoms with E-state index >= 15 is 0 Å². The van der Waals surface area contributed by atoms with Crippen LogP contribution in [-0.4, -0.2) is 6.29 Å². The van der Waals surface area contributed by atoms with E-state index in [0.717, 1.165) is 31.0 Å². The minimum Gasteiger partial charge on any atom is -0.303 e. The van der Waals surface area contributed by atoms with Gasteiger partial charge in [0, 0.05) is 6.42 Å². The molecular weight excluding hydrogens is 208 g/mol. The number of carbonyl (C=O) groups excluding carboxylic acids is 1. The Kier molecular flexibility index (Phi) is 8.38. The molecule has 0 radical (unpaired) electrons. The van der Waals surface area contributed by atoms with Gasteiger partial charge in [0.2, 0.25) is 0 Å². The van der Waals surface area contributed by atoms with Crippen molar-refractivity contribution < 1.29 is 4.79 Å². The largest absolute Gasteiger partial charge is 0.303 e. The van der Waals surface area contributed by atoms with Crippen LogP contribution in [0.3, 0.4) is 0 Å². The third-order valence-corrected chi connectivity index (χ3v) is 4.44. The maximum atomic E-state index is 10.1. The molecule has 1 fully saturated rings. The first kappa shape index (κ1) is 14.7. The van der Waals surface area contributed by atoms with Crippen molar-refractivity contribution in [2.45, 2.75) is 84.0 Å². The molecule has 1 saturated carbocycles. The number of unbranched alkanes of at least 4 members (excludes halogenated alkanes) is 7. The zero-order chi connectivity index (χ0) is 12.3. The summed E-state index contributed by atoms with van der Waals surface area (Å²) >= 11 is 0. The SMILES string of the molecule is CC1CCCC1CCCCCCCCCC=O. The third kappa shape index (κ3) is 6.85. The molecule has 0 spiro atoms. The summed E-state index contributed by atoms with van der Waals surface area (Å²) in [4.78, 5) is 10.1. The van der Waals surface area contributed by atoms with Gasteiger partial charge in [-0.2, -0.15) is 0 Å². The molecule has 1 nitrogen and oxygen atoms in total. The first-order chi connectivity index (χ1) is 8.34. The second kappa shape index (κ2) is 9.67. The third-order valence-electron chi connectivity index (χ3n) is 4.44. The number of hydrogen-bond acceptors (Lipinski definition) is 1. The first-order valence-corrected chi connectivity index (χ1v) is 7.78. The topological polar surface area (TPSA) is 17.1 Å². The number of rotatable bonds is 10. The second-order valence-electron chi connectivity index (χ2n) is 5.89. The molecule has 2 unspecified atom stereocenters. The van der Waals surface area contributed by atoms with Gasteiger partial charge in [0.15, 0.2) is 0 Å². The summed E-state index contributed by atoms with van der Waals surface area (Å²) in [6.45, 7) is 2.44. The second-order valence-corrected chi connectivity index (χ2v) is 5.89. The van der Waals surface area contributed by atoms with Crippen molar-refractivity contribution in [3.05, 3.63) is 0 Å². The van der Waals surface area contributed by atoms with E-state index in [1.807, 2.05) is 0 Å². The van der Waals surface area contributed by atoms with Gasteiger partial charge in [-0.25, -0.2) is 0 Å². The van der Waals surface area contributed by atoms with Crippen LogP contribution in [-0.2, 0) is 4.79 Å². The van der Waals surface area contributed by atoms with E-state index in [4.69, 9.17) is 0 Å². The number of carbonyl (C=O) groups is 1. The fourth-order valence-electron chi connectivity index (χ4n) is 3.17. The van der Waals surface area contributed by atoms with Crippen LogP contribution in [0.15, 0.2) is 0 Å².